The summed E-state index contributed by atoms with van der Waals surface area (Å²) in [7, 11) is 4.06. The minimum atomic E-state index is 0.588. The van der Waals surface area contributed by atoms with Crippen LogP contribution < -0.4 is 0 Å². The zero-order valence-electron chi connectivity index (χ0n) is 11.0. The third-order valence-electron chi connectivity index (χ3n) is 2.90. The second-order valence-corrected chi connectivity index (χ2v) is 5.13. The van der Waals surface area contributed by atoms with Gasteiger partial charge in [0.1, 0.15) is 0 Å². The van der Waals surface area contributed by atoms with Gasteiger partial charge < -0.3 is 4.90 Å². The lowest BCUT2D eigenvalue weighted by molar-refractivity contribution is 0.403. The van der Waals surface area contributed by atoms with Crippen LogP contribution in [0.15, 0.2) is 42.5 Å². The molecule has 0 aromatic heterocycles. The molecule has 0 fully saturated rings. The van der Waals surface area contributed by atoms with Crippen molar-refractivity contribution in [3.8, 4) is 17.2 Å². The Morgan fingerprint density at radius 2 is 1.84 bits per heavy atom. The number of benzene rings is 2. The predicted octanol–water partition coefficient (Wildman–Crippen LogP) is 3.94. The van der Waals surface area contributed by atoms with Crippen LogP contribution in [0, 0.1) is 11.3 Å². The highest BCUT2D eigenvalue weighted by atomic mass is 35.5. The molecule has 2 rings (SSSR count). The van der Waals surface area contributed by atoms with Crippen LogP contribution in [0.2, 0.25) is 5.02 Å². The molecule has 0 spiro atoms. The van der Waals surface area contributed by atoms with E-state index in [2.05, 4.69) is 17.0 Å². The fourth-order valence-corrected chi connectivity index (χ4v) is 2.28. The van der Waals surface area contributed by atoms with E-state index in [4.69, 9.17) is 11.6 Å². The molecule has 0 aliphatic carbocycles. The van der Waals surface area contributed by atoms with E-state index in [1.54, 1.807) is 6.07 Å². The second kappa shape index (κ2) is 5.88. The average molecular weight is 271 g/mol. The molecule has 0 saturated heterocycles. The molecule has 0 radical (unpaired) electrons. The van der Waals surface area contributed by atoms with Crippen molar-refractivity contribution in [2.75, 3.05) is 14.1 Å². The highest BCUT2D eigenvalue weighted by molar-refractivity contribution is 6.30. The van der Waals surface area contributed by atoms with Gasteiger partial charge in [-0.25, -0.2) is 0 Å². The topological polar surface area (TPSA) is 27.0 Å². The highest BCUT2D eigenvalue weighted by Crippen LogP contribution is 2.29. The first-order valence-corrected chi connectivity index (χ1v) is 6.42. The summed E-state index contributed by atoms with van der Waals surface area (Å²) in [4.78, 5) is 2.11. The van der Waals surface area contributed by atoms with E-state index in [-0.39, 0.29) is 0 Å². The van der Waals surface area contributed by atoms with Gasteiger partial charge in [-0.2, -0.15) is 5.26 Å². The maximum absolute atomic E-state index is 9.26. The van der Waals surface area contributed by atoms with Crippen LogP contribution in [0.4, 0.5) is 0 Å². The van der Waals surface area contributed by atoms with Crippen molar-refractivity contribution >= 4 is 11.6 Å². The fourth-order valence-electron chi connectivity index (χ4n) is 2.11. The average Bonchev–Trinajstić information content (AvgIpc) is 2.39. The van der Waals surface area contributed by atoms with Gasteiger partial charge in [-0.1, -0.05) is 41.9 Å². The summed E-state index contributed by atoms with van der Waals surface area (Å²) in [6, 6.07) is 15.8. The van der Waals surface area contributed by atoms with Crippen molar-refractivity contribution in [2.45, 2.75) is 6.54 Å². The minimum absolute atomic E-state index is 0.588. The Labute approximate surface area is 118 Å². The molecule has 0 saturated carbocycles. The molecular weight excluding hydrogens is 256 g/mol. The number of hydrogen-bond donors (Lipinski definition) is 0. The number of rotatable bonds is 3. The minimum Gasteiger partial charge on any atom is -0.305 e. The SMILES string of the molecule is CN(C)Cc1ccccc1-c1ccc(Cl)cc1C#N. The zero-order valence-corrected chi connectivity index (χ0v) is 11.8. The van der Waals surface area contributed by atoms with Crippen molar-refractivity contribution in [1.29, 1.82) is 5.26 Å². The molecule has 96 valence electrons. The summed E-state index contributed by atoms with van der Waals surface area (Å²) < 4.78 is 0. The third-order valence-corrected chi connectivity index (χ3v) is 3.13. The molecule has 2 aromatic carbocycles. The molecule has 0 aliphatic heterocycles. The molecule has 0 aliphatic rings. The van der Waals surface area contributed by atoms with Crippen LogP contribution in [-0.4, -0.2) is 19.0 Å². The molecule has 2 nitrogen and oxygen atoms in total. The predicted molar refractivity (Wildman–Crippen MR) is 79.0 cm³/mol. The standard InChI is InChI=1S/C16H15ClN2/c1-19(2)11-12-5-3-4-6-15(12)16-8-7-14(17)9-13(16)10-18/h3-9H,11H2,1-2H3. The van der Waals surface area contributed by atoms with Gasteiger partial charge in [-0.05, 0) is 42.9 Å². The molecular formula is C16H15ClN2. The van der Waals surface area contributed by atoms with Crippen LogP contribution in [0.5, 0.6) is 0 Å². The normalized spacial score (nSPS) is 10.5. The molecule has 0 bridgehead atoms. The molecule has 3 heteroatoms. The van der Waals surface area contributed by atoms with E-state index in [9.17, 15) is 5.26 Å². The van der Waals surface area contributed by atoms with Gasteiger partial charge in [0.25, 0.3) is 0 Å². The Hall–Kier alpha value is -1.82. The lowest BCUT2D eigenvalue weighted by Crippen LogP contribution is -2.11. The van der Waals surface area contributed by atoms with Gasteiger partial charge in [-0.15, -0.1) is 0 Å². The van der Waals surface area contributed by atoms with Crippen LogP contribution in [0.1, 0.15) is 11.1 Å². The van der Waals surface area contributed by atoms with Gasteiger partial charge in [0.05, 0.1) is 11.6 Å². The van der Waals surface area contributed by atoms with Gasteiger partial charge in [0, 0.05) is 11.6 Å². The van der Waals surface area contributed by atoms with Crippen molar-refractivity contribution in [2.24, 2.45) is 0 Å². The summed E-state index contributed by atoms with van der Waals surface area (Å²) in [6.45, 7) is 0.837. The maximum Gasteiger partial charge on any atom is 0.0998 e. The summed E-state index contributed by atoms with van der Waals surface area (Å²) in [5.74, 6) is 0. The van der Waals surface area contributed by atoms with E-state index >= 15 is 0 Å². The van der Waals surface area contributed by atoms with Crippen molar-refractivity contribution < 1.29 is 0 Å². The molecule has 19 heavy (non-hydrogen) atoms. The van der Waals surface area contributed by atoms with Crippen LogP contribution in [0.3, 0.4) is 0 Å². The lowest BCUT2D eigenvalue weighted by Gasteiger charge is -2.15. The smallest absolute Gasteiger partial charge is 0.0998 e. The number of nitrogens with zero attached hydrogens (tertiary/aromatic N) is 2. The Morgan fingerprint density at radius 1 is 1.11 bits per heavy atom. The van der Waals surface area contributed by atoms with Crippen LogP contribution in [0.25, 0.3) is 11.1 Å². The van der Waals surface area contributed by atoms with Gasteiger partial charge in [-0.3, -0.25) is 0 Å². The highest BCUT2D eigenvalue weighted by Gasteiger charge is 2.10. The second-order valence-electron chi connectivity index (χ2n) is 4.70. The van der Waals surface area contributed by atoms with Crippen LogP contribution in [-0.2, 0) is 6.54 Å². The van der Waals surface area contributed by atoms with Gasteiger partial charge in [0.15, 0.2) is 0 Å². The fraction of sp³-hybridized carbons (Fsp3) is 0.188. The first-order valence-electron chi connectivity index (χ1n) is 6.04. The lowest BCUT2D eigenvalue weighted by atomic mass is 9.95. The molecule has 2 aromatic rings. The number of nitriles is 1. The first-order chi connectivity index (χ1) is 9.11. The van der Waals surface area contributed by atoms with Crippen molar-refractivity contribution in [3.05, 3.63) is 58.6 Å². The van der Waals surface area contributed by atoms with Crippen molar-refractivity contribution in [3.63, 3.8) is 0 Å². The number of hydrogen-bond acceptors (Lipinski definition) is 2. The quantitative estimate of drug-likeness (QED) is 0.845. The molecule has 0 unspecified atom stereocenters. The van der Waals surface area contributed by atoms with E-state index in [1.807, 2.05) is 44.4 Å². The summed E-state index contributed by atoms with van der Waals surface area (Å²) in [5.41, 5.74) is 3.83. The number of halogens is 1. The summed E-state index contributed by atoms with van der Waals surface area (Å²) in [6.07, 6.45) is 0. The molecule has 0 heterocycles. The first kappa shape index (κ1) is 13.6. The van der Waals surface area contributed by atoms with E-state index in [0.717, 1.165) is 17.7 Å². The Balaban J connectivity index is 2.56. The molecule has 0 amide bonds. The largest absolute Gasteiger partial charge is 0.305 e. The Morgan fingerprint density at radius 3 is 2.53 bits per heavy atom. The Bertz CT molecular complexity index is 627. The van der Waals surface area contributed by atoms with E-state index in [0.29, 0.717) is 10.6 Å². The Kier molecular flexibility index (Phi) is 4.21. The van der Waals surface area contributed by atoms with Crippen molar-refractivity contribution in [1.82, 2.24) is 4.90 Å². The summed E-state index contributed by atoms with van der Waals surface area (Å²) >= 11 is 5.95. The zero-order chi connectivity index (χ0) is 13.8. The van der Waals surface area contributed by atoms with E-state index in [1.165, 1.54) is 5.56 Å². The van der Waals surface area contributed by atoms with E-state index < -0.39 is 0 Å². The van der Waals surface area contributed by atoms with Crippen LogP contribution >= 0.6 is 11.6 Å². The molecule has 0 N–H and O–H groups in total. The van der Waals surface area contributed by atoms with Gasteiger partial charge >= 0.3 is 0 Å². The van der Waals surface area contributed by atoms with Gasteiger partial charge in [0.2, 0.25) is 0 Å². The molecule has 0 atom stereocenters. The third kappa shape index (κ3) is 3.14. The maximum atomic E-state index is 9.26. The monoisotopic (exact) mass is 270 g/mol. The summed E-state index contributed by atoms with van der Waals surface area (Å²) in [5, 5.41) is 9.85.